The van der Waals surface area contributed by atoms with E-state index in [1.807, 2.05) is 78.9 Å². The number of hydrogen-bond acceptors (Lipinski definition) is 1. The first kappa shape index (κ1) is 18.5. The lowest BCUT2D eigenvalue weighted by Crippen LogP contribution is -2.05. The van der Waals surface area contributed by atoms with Gasteiger partial charge in [-0.25, -0.2) is 4.79 Å². The third-order valence-corrected chi connectivity index (χ3v) is 4.86. The summed E-state index contributed by atoms with van der Waals surface area (Å²) in [4.78, 5) is 12.0. The van der Waals surface area contributed by atoms with Crippen molar-refractivity contribution in [2.75, 3.05) is 0 Å². The summed E-state index contributed by atoms with van der Waals surface area (Å²) in [6.07, 6.45) is 0. The Balaban J connectivity index is 2.15. The fourth-order valence-electron chi connectivity index (χ4n) is 3.59. The van der Waals surface area contributed by atoms with E-state index >= 15 is 0 Å². The highest BCUT2D eigenvalue weighted by Gasteiger charge is 2.20. The van der Waals surface area contributed by atoms with Gasteiger partial charge in [0.2, 0.25) is 0 Å². The molecule has 4 aromatic carbocycles. The van der Waals surface area contributed by atoms with E-state index in [0.717, 1.165) is 27.8 Å². The van der Waals surface area contributed by atoms with Crippen LogP contribution in [0.15, 0.2) is 115 Å². The van der Waals surface area contributed by atoms with Crippen LogP contribution >= 0.6 is 0 Å². The first-order chi connectivity index (χ1) is 14.3. The molecule has 0 atom stereocenters. The van der Waals surface area contributed by atoms with Crippen molar-refractivity contribution in [1.29, 1.82) is 0 Å². The molecule has 0 unspecified atom stereocenters. The van der Waals surface area contributed by atoms with Crippen LogP contribution in [0.4, 0.5) is 0 Å². The van der Waals surface area contributed by atoms with E-state index in [1.165, 1.54) is 0 Å². The van der Waals surface area contributed by atoms with Gasteiger partial charge in [0, 0.05) is 0 Å². The molecular weight excluding hydrogens is 356 g/mol. The predicted molar refractivity (Wildman–Crippen MR) is 118 cm³/mol. The molecule has 2 heteroatoms. The van der Waals surface area contributed by atoms with E-state index in [1.54, 1.807) is 12.1 Å². The van der Waals surface area contributed by atoms with E-state index in [0.29, 0.717) is 5.56 Å². The zero-order chi connectivity index (χ0) is 20.1. The van der Waals surface area contributed by atoms with E-state index in [-0.39, 0.29) is 5.56 Å². The minimum atomic E-state index is -0.936. The summed E-state index contributed by atoms with van der Waals surface area (Å²) in [7, 11) is 0. The van der Waals surface area contributed by atoms with Gasteiger partial charge in [-0.3, -0.25) is 0 Å². The smallest absolute Gasteiger partial charge is 0.336 e. The Morgan fingerprint density at radius 1 is 0.448 bits per heavy atom. The Bertz CT molecular complexity index is 1100. The average Bonchev–Trinajstić information content (AvgIpc) is 2.79. The van der Waals surface area contributed by atoms with Crippen molar-refractivity contribution in [3.63, 3.8) is 0 Å². The van der Waals surface area contributed by atoms with Crippen LogP contribution in [-0.4, -0.2) is 11.1 Å². The van der Waals surface area contributed by atoms with Crippen LogP contribution in [-0.2, 0) is 0 Å². The Morgan fingerprint density at radius 2 is 0.793 bits per heavy atom. The number of carbonyl (C=O) groups is 1. The minimum absolute atomic E-state index is 0.288. The molecule has 140 valence electrons. The standard InChI is InChI=1S/C27H20O2/c28-27(29)24-19-11-10-18-23(24)26(22-16-8-3-9-17-22)25(20-12-4-1-5-13-20)21-14-6-2-7-15-21/h1-19H,(H,28,29). The molecule has 0 bridgehead atoms. The van der Waals surface area contributed by atoms with Gasteiger partial charge in [-0.05, 0) is 39.5 Å². The fourth-order valence-corrected chi connectivity index (χ4v) is 3.59. The second-order valence-electron chi connectivity index (χ2n) is 6.70. The second kappa shape index (κ2) is 8.41. The molecule has 0 aliphatic carbocycles. The second-order valence-corrected chi connectivity index (χ2v) is 6.70. The molecule has 0 fully saturated rings. The molecule has 0 saturated heterocycles. The number of benzene rings is 4. The lowest BCUT2D eigenvalue weighted by atomic mass is 9.84. The molecule has 0 aromatic heterocycles. The Hall–Kier alpha value is -3.91. The SMILES string of the molecule is O=C(O)c1ccccc1C(=C(c1ccccc1)c1ccccc1)c1ccccc1. The van der Waals surface area contributed by atoms with Gasteiger partial charge in [-0.2, -0.15) is 0 Å². The molecule has 0 heterocycles. The quantitative estimate of drug-likeness (QED) is 0.410. The molecule has 0 amide bonds. The summed E-state index contributed by atoms with van der Waals surface area (Å²) in [6, 6.07) is 37.4. The van der Waals surface area contributed by atoms with Crippen LogP contribution in [0, 0.1) is 0 Å². The van der Waals surface area contributed by atoms with Crippen LogP contribution < -0.4 is 0 Å². The van der Waals surface area contributed by atoms with Crippen LogP contribution in [0.25, 0.3) is 11.1 Å². The van der Waals surface area contributed by atoms with Gasteiger partial charge in [-0.1, -0.05) is 109 Å². The van der Waals surface area contributed by atoms with Crippen molar-refractivity contribution in [1.82, 2.24) is 0 Å². The topological polar surface area (TPSA) is 37.3 Å². The zero-order valence-corrected chi connectivity index (χ0v) is 15.8. The molecule has 0 aliphatic heterocycles. The number of carboxylic acid groups (broad SMARTS) is 1. The summed E-state index contributed by atoms with van der Waals surface area (Å²) in [6.45, 7) is 0. The molecular formula is C27H20O2. The normalized spacial score (nSPS) is 10.3. The maximum absolute atomic E-state index is 12.0. The Kier molecular flexibility index (Phi) is 5.35. The van der Waals surface area contributed by atoms with Gasteiger partial charge in [-0.15, -0.1) is 0 Å². The van der Waals surface area contributed by atoms with Crippen molar-refractivity contribution in [3.8, 4) is 0 Å². The third kappa shape index (κ3) is 3.87. The summed E-state index contributed by atoms with van der Waals surface area (Å²) in [5.74, 6) is -0.936. The predicted octanol–water partition coefficient (Wildman–Crippen LogP) is 6.39. The fraction of sp³-hybridized carbons (Fsp3) is 0. The van der Waals surface area contributed by atoms with Crippen molar-refractivity contribution in [2.24, 2.45) is 0 Å². The molecule has 1 N–H and O–H groups in total. The average molecular weight is 376 g/mol. The molecule has 0 aliphatic rings. The zero-order valence-electron chi connectivity index (χ0n) is 15.8. The summed E-state index contributed by atoms with van der Waals surface area (Å²) >= 11 is 0. The molecule has 0 saturated carbocycles. The maximum atomic E-state index is 12.0. The first-order valence-electron chi connectivity index (χ1n) is 9.49. The number of aromatic carboxylic acids is 1. The summed E-state index contributed by atoms with van der Waals surface area (Å²) in [5.41, 5.74) is 5.95. The molecule has 2 nitrogen and oxygen atoms in total. The molecule has 0 spiro atoms. The van der Waals surface area contributed by atoms with Gasteiger partial charge < -0.3 is 5.11 Å². The molecule has 0 radical (unpaired) electrons. The third-order valence-electron chi connectivity index (χ3n) is 4.86. The minimum Gasteiger partial charge on any atom is -0.478 e. The van der Waals surface area contributed by atoms with E-state index < -0.39 is 5.97 Å². The number of rotatable bonds is 5. The highest BCUT2D eigenvalue weighted by molar-refractivity contribution is 6.08. The van der Waals surface area contributed by atoms with Crippen LogP contribution in [0.2, 0.25) is 0 Å². The van der Waals surface area contributed by atoms with Gasteiger partial charge in [0.25, 0.3) is 0 Å². The summed E-state index contributed by atoms with van der Waals surface area (Å²) in [5, 5.41) is 9.86. The number of hydrogen-bond donors (Lipinski definition) is 1. The van der Waals surface area contributed by atoms with Crippen molar-refractivity contribution in [3.05, 3.63) is 143 Å². The maximum Gasteiger partial charge on any atom is 0.336 e. The van der Waals surface area contributed by atoms with Crippen LogP contribution in [0.5, 0.6) is 0 Å². The van der Waals surface area contributed by atoms with Gasteiger partial charge >= 0.3 is 5.97 Å². The van der Waals surface area contributed by atoms with Crippen LogP contribution in [0.3, 0.4) is 0 Å². The number of carboxylic acids is 1. The lowest BCUT2D eigenvalue weighted by molar-refractivity contribution is 0.0696. The lowest BCUT2D eigenvalue weighted by Gasteiger charge is -2.19. The Labute approximate surface area is 170 Å². The van der Waals surface area contributed by atoms with Gasteiger partial charge in [0.15, 0.2) is 0 Å². The van der Waals surface area contributed by atoms with E-state index in [2.05, 4.69) is 24.3 Å². The highest BCUT2D eigenvalue weighted by Crippen LogP contribution is 2.37. The molecule has 29 heavy (non-hydrogen) atoms. The van der Waals surface area contributed by atoms with Crippen molar-refractivity contribution >= 4 is 17.1 Å². The monoisotopic (exact) mass is 376 g/mol. The van der Waals surface area contributed by atoms with Crippen LogP contribution in [0.1, 0.15) is 32.6 Å². The molecule has 4 aromatic rings. The van der Waals surface area contributed by atoms with Crippen molar-refractivity contribution < 1.29 is 9.90 Å². The highest BCUT2D eigenvalue weighted by atomic mass is 16.4. The molecule has 4 rings (SSSR count). The van der Waals surface area contributed by atoms with Gasteiger partial charge in [0.05, 0.1) is 5.56 Å². The van der Waals surface area contributed by atoms with E-state index in [9.17, 15) is 9.90 Å². The van der Waals surface area contributed by atoms with Gasteiger partial charge in [0.1, 0.15) is 0 Å². The van der Waals surface area contributed by atoms with Crippen molar-refractivity contribution in [2.45, 2.75) is 0 Å². The van der Waals surface area contributed by atoms with E-state index in [4.69, 9.17) is 0 Å². The first-order valence-corrected chi connectivity index (χ1v) is 9.49. The largest absolute Gasteiger partial charge is 0.478 e. The Morgan fingerprint density at radius 3 is 1.21 bits per heavy atom. The summed E-state index contributed by atoms with van der Waals surface area (Å²) < 4.78 is 0.